The molecule has 0 saturated heterocycles. The smallest absolute Gasteiger partial charge is 0.135 e. The van der Waals surface area contributed by atoms with Gasteiger partial charge >= 0.3 is 0 Å². The number of rotatable bonds is 0. The number of fused-ring (bicyclic) bond motifs is 6. The molecule has 5 rings (SSSR count). The van der Waals surface area contributed by atoms with Crippen molar-refractivity contribution >= 4 is 43.7 Å². The number of hydrogen-bond acceptors (Lipinski definition) is 3. The lowest BCUT2D eigenvalue weighted by Crippen LogP contribution is -1.81. The van der Waals surface area contributed by atoms with Crippen LogP contribution in [-0.2, 0) is 0 Å². The molecule has 0 aliphatic rings. The van der Waals surface area contributed by atoms with Crippen molar-refractivity contribution in [2.24, 2.45) is 0 Å². The Balaban J connectivity index is 2.04. The summed E-state index contributed by atoms with van der Waals surface area (Å²) in [7, 11) is 0. The molecule has 0 fully saturated rings. The lowest BCUT2D eigenvalue weighted by molar-refractivity contribution is 0.661. The van der Waals surface area contributed by atoms with Crippen molar-refractivity contribution in [3.63, 3.8) is 0 Å². The second-order valence-electron chi connectivity index (χ2n) is 5.16. The van der Waals surface area contributed by atoms with Crippen LogP contribution in [0.5, 0.6) is 0 Å². The summed E-state index contributed by atoms with van der Waals surface area (Å²) in [5.41, 5.74) is 3.67. The fourth-order valence-corrected chi connectivity index (χ4v) is 2.97. The third-order valence-electron chi connectivity index (χ3n) is 3.98. The number of para-hydroxylation sites is 1. The minimum atomic E-state index is 0.889. The van der Waals surface area contributed by atoms with Gasteiger partial charge in [0.15, 0.2) is 0 Å². The number of nitrogens with zero attached hydrogens (tertiary/aromatic N) is 2. The maximum Gasteiger partial charge on any atom is 0.135 e. The third kappa shape index (κ3) is 1.43. The van der Waals surface area contributed by atoms with E-state index < -0.39 is 0 Å². The standard InChI is InChI=1S/C18H10N2O/c1-2-4-16-11(3-1)9-14-12-5-7-15-18(20-10-19-15)13(12)6-8-17(14)21-16/h1-10H. The summed E-state index contributed by atoms with van der Waals surface area (Å²) in [6, 6.07) is 18.4. The average Bonchev–Trinajstić information content (AvgIpc) is 3.01. The maximum absolute atomic E-state index is 6.01. The van der Waals surface area contributed by atoms with Crippen LogP contribution in [0.2, 0.25) is 0 Å². The normalized spacial score (nSPS) is 11.8. The first-order valence-electron chi connectivity index (χ1n) is 6.85. The molecule has 21 heavy (non-hydrogen) atoms. The van der Waals surface area contributed by atoms with Crippen LogP contribution >= 0.6 is 0 Å². The quantitative estimate of drug-likeness (QED) is 0.303. The lowest BCUT2D eigenvalue weighted by Gasteiger charge is -2.06. The maximum atomic E-state index is 6.01. The molecular formula is C18H10N2O. The van der Waals surface area contributed by atoms with Gasteiger partial charge in [0.2, 0.25) is 0 Å². The molecule has 0 saturated carbocycles. The molecule has 3 heteroatoms. The minimum absolute atomic E-state index is 0.889. The van der Waals surface area contributed by atoms with Crippen LogP contribution < -0.4 is 0 Å². The highest BCUT2D eigenvalue weighted by molar-refractivity contribution is 6.15. The predicted molar refractivity (Wildman–Crippen MR) is 84.3 cm³/mol. The average molecular weight is 270 g/mol. The minimum Gasteiger partial charge on any atom is -0.456 e. The van der Waals surface area contributed by atoms with Crippen molar-refractivity contribution in [2.45, 2.75) is 0 Å². The van der Waals surface area contributed by atoms with E-state index in [1.165, 1.54) is 0 Å². The summed E-state index contributed by atoms with van der Waals surface area (Å²) in [6.45, 7) is 0. The molecule has 0 atom stereocenters. The number of benzene rings is 3. The Bertz CT molecular complexity index is 1140. The number of aromatic nitrogens is 2. The predicted octanol–water partition coefficient (Wildman–Crippen LogP) is 4.68. The van der Waals surface area contributed by atoms with Gasteiger partial charge in [-0.05, 0) is 35.7 Å². The second kappa shape index (κ2) is 3.79. The fraction of sp³-hybridized carbons (Fsp3) is 0. The van der Waals surface area contributed by atoms with E-state index in [1.807, 2.05) is 30.3 Å². The Hall–Kier alpha value is -2.94. The van der Waals surface area contributed by atoms with E-state index in [-0.39, 0.29) is 0 Å². The largest absolute Gasteiger partial charge is 0.456 e. The number of imidazole rings is 1. The molecule has 2 aromatic heterocycles. The molecule has 0 radical (unpaired) electrons. The highest BCUT2D eigenvalue weighted by Crippen LogP contribution is 2.32. The van der Waals surface area contributed by atoms with Crippen molar-refractivity contribution in [3.8, 4) is 0 Å². The van der Waals surface area contributed by atoms with Gasteiger partial charge < -0.3 is 4.42 Å². The Morgan fingerprint density at radius 1 is 0.714 bits per heavy atom. The first-order valence-corrected chi connectivity index (χ1v) is 6.85. The van der Waals surface area contributed by atoms with E-state index in [9.17, 15) is 0 Å². The van der Waals surface area contributed by atoms with E-state index in [4.69, 9.17) is 4.42 Å². The SMILES string of the molecule is c1ccc2oc3ccc4c(ccc5ncnc54)c3cc2c1. The molecule has 2 heterocycles. The highest BCUT2D eigenvalue weighted by Gasteiger charge is 2.08. The van der Waals surface area contributed by atoms with Crippen LogP contribution in [0.4, 0.5) is 0 Å². The van der Waals surface area contributed by atoms with Crippen LogP contribution in [0.25, 0.3) is 43.7 Å². The van der Waals surface area contributed by atoms with E-state index in [2.05, 4.69) is 34.2 Å². The third-order valence-corrected chi connectivity index (χ3v) is 3.98. The zero-order valence-corrected chi connectivity index (χ0v) is 11.1. The van der Waals surface area contributed by atoms with Crippen LogP contribution in [0.3, 0.4) is 0 Å². The first kappa shape index (κ1) is 10.8. The Labute approximate surface area is 119 Å². The van der Waals surface area contributed by atoms with E-state index in [0.29, 0.717) is 0 Å². The van der Waals surface area contributed by atoms with Gasteiger partial charge in [0.05, 0.1) is 11.0 Å². The van der Waals surface area contributed by atoms with Gasteiger partial charge in [-0.3, -0.25) is 0 Å². The lowest BCUT2D eigenvalue weighted by atomic mass is 10.0. The van der Waals surface area contributed by atoms with Crippen LogP contribution in [0, 0.1) is 0 Å². The van der Waals surface area contributed by atoms with Crippen LogP contribution in [0.15, 0.2) is 65.3 Å². The fourth-order valence-electron chi connectivity index (χ4n) is 2.97. The van der Waals surface area contributed by atoms with E-state index in [1.54, 1.807) is 6.33 Å². The van der Waals surface area contributed by atoms with Gasteiger partial charge in [-0.15, -0.1) is 0 Å². The summed E-state index contributed by atoms with van der Waals surface area (Å²) < 4.78 is 6.01. The molecular weight excluding hydrogens is 260 g/mol. The monoisotopic (exact) mass is 270 g/mol. The second-order valence-corrected chi connectivity index (χ2v) is 5.16. The zero-order chi connectivity index (χ0) is 13.8. The molecule has 0 amide bonds. The van der Waals surface area contributed by atoms with Gasteiger partial charge in [-0.1, -0.05) is 24.3 Å². The molecule has 0 spiro atoms. The topological polar surface area (TPSA) is 38.9 Å². The van der Waals surface area contributed by atoms with E-state index in [0.717, 1.165) is 43.7 Å². The van der Waals surface area contributed by atoms with Gasteiger partial charge in [0, 0.05) is 16.2 Å². The van der Waals surface area contributed by atoms with Crippen molar-refractivity contribution < 1.29 is 4.42 Å². The molecule has 3 aromatic carbocycles. The van der Waals surface area contributed by atoms with Crippen molar-refractivity contribution in [1.82, 2.24) is 9.97 Å². The molecule has 0 bridgehead atoms. The summed E-state index contributed by atoms with van der Waals surface area (Å²) in [6.07, 6.45) is 1.61. The van der Waals surface area contributed by atoms with Crippen molar-refractivity contribution in [3.05, 3.63) is 60.9 Å². The molecule has 0 N–H and O–H groups in total. The zero-order valence-electron chi connectivity index (χ0n) is 11.1. The van der Waals surface area contributed by atoms with Crippen LogP contribution in [0.1, 0.15) is 0 Å². The molecule has 98 valence electrons. The van der Waals surface area contributed by atoms with Crippen molar-refractivity contribution in [1.29, 1.82) is 0 Å². The van der Waals surface area contributed by atoms with Gasteiger partial charge in [0.25, 0.3) is 0 Å². The van der Waals surface area contributed by atoms with E-state index >= 15 is 0 Å². The summed E-state index contributed by atoms with van der Waals surface area (Å²) >= 11 is 0. The molecule has 0 unspecified atom stereocenters. The molecule has 0 aliphatic carbocycles. The highest BCUT2D eigenvalue weighted by atomic mass is 16.3. The Kier molecular flexibility index (Phi) is 1.95. The molecule has 3 nitrogen and oxygen atoms in total. The Morgan fingerprint density at radius 3 is 2.62 bits per heavy atom. The van der Waals surface area contributed by atoms with Gasteiger partial charge in [-0.25, -0.2) is 9.97 Å². The van der Waals surface area contributed by atoms with Crippen molar-refractivity contribution in [2.75, 3.05) is 0 Å². The first-order chi connectivity index (χ1) is 10.4. The van der Waals surface area contributed by atoms with Gasteiger partial charge in [0.1, 0.15) is 17.5 Å². The summed E-state index contributed by atoms with van der Waals surface area (Å²) in [5, 5.41) is 4.47. The summed E-state index contributed by atoms with van der Waals surface area (Å²) in [4.78, 5) is 8.64. The van der Waals surface area contributed by atoms with Crippen LogP contribution in [-0.4, -0.2) is 9.97 Å². The van der Waals surface area contributed by atoms with Gasteiger partial charge in [-0.2, -0.15) is 0 Å². The number of hydrogen-bond donors (Lipinski definition) is 0. The molecule has 0 aliphatic heterocycles. The Morgan fingerprint density at radius 2 is 1.62 bits per heavy atom. The summed E-state index contributed by atoms with van der Waals surface area (Å²) in [5.74, 6) is 0. The molecule has 5 aromatic rings.